The van der Waals surface area contributed by atoms with Crippen LogP contribution in [-0.4, -0.2) is 83.5 Å². The van der Waals surface area contributed by atoms with Gasteiger partial charge in [0.2, 0.25) is 5.91 Å². The number of hydrogen-bond donors (Lipinski definition) is 1. The van der Waals surface area contributed by atoms with E-state index in [1.165, 1.54) is 11.3 Å². The molecule has 0 radical (unpaired) electrons. The highest BCUT2D eigenvalue weighted by atomic mass is 32.1. The summed E-state index contributed by atoms with van der Waals surface area (Å²) < 4.78 is 0. The lowest BCUT2D eigenvalue weighted by atomic mass is 9.86. The van der Waals surface area contributed by atoms with E-state index in [1.54, 1.807) is 4.90 Å². The minimum atomic E-state index is -0.149. The van der Waals surface area contributed by atoms with Crippen LogP contribution in [0.1, 0.15) is 29.6 Å². The lowest BCUT2D eigenvalue weighted by molar-refractivity contribution is -0.131. The number of piperazine rings is 1. The molecule has 1 atom stereocenters. The molecule has 2 amide bonds. The van der Waals surface area contributed by atoms with Gasteiger partial charge in [-0.25, -0.2) is 0 Å². The maximum absolute atomic E-state index is 12.7. The number of aliphatic hydroxyl groups excluding tert-OH is 1. The average Bonchev–Trinajstić information content (AvgIpc) is 3.07. The lowest BCUT2D eigenvalue weighted by Crippen LogP contribution is -2.62. The summed E-state index contributed by atoms with van der Waals surface area (Å²) in [5, 5.41) is 13.0. The van der Waals surface area contributed by atoms with Gasteiger partial charge in [-0.3, -0.25) is 14.5 Å². The second kappa shape index (κ2) is 7.21. The second-order valence-electron chi connectivity index (χ2n) is 6.74. The summed E-state index contributed by atoms with van der Waals surface area (Å²) in [6.07, 6.45) is 2.07. The summed E-state index contributed by atoms with van der Waals surface area (Å²) in [6.45, 7) is 3.25. The third-order valence-electron chi connectivity index (χ3n) is 5.43. The lowest BCUT2D eigenvalue weighted by Gasteiger charge is -2.49. The average molecular weight is 351 g/mol. The van der Waals surface area contributed by atoms with Gasteiger partial charge in [0.1, 0.15) is 0 Å². The van der Waals surface area contributed by atoms with Crippen LogP contribution in [0.4, 0.5) is 0 Å². The molecule has 2 aliphatic heterocycles. The smallest absolute Gasteiger partial charge is 0.254 e. The van der Waals surface area contributed by atoms with Crippen LogP contribution in [0.2, 0.25) is 0 Å². The maximum Gasteiger partial charge on any atom is 0.254 e. The minimum Gasteiger partial charge on any atom is -0.395 e. The molecule has 1 N–H and O–H groups in total. The van der Waals surface area contributed by atoms with Crippen LogP contribution in [-0.2, 0) is 4.79 Å². The zero-order valence-corrected chi connectivity index (χ0v) is 14.9. The SMILES string of the molecule is CN1CCN(C(=O)c2ccsc2)CC12CCC(=O)N(CCO)CC2. The van der Waals surface area contributed by atoms with Crippen molar-refractivity contribution in [1.29, 1.82) is 0 Å². The summed E-state index contributed by atoms with van der Waals surface area (Å²) >= 11 is 1.54. The molecule has 0 bridgehead atoms. The van der Waals surface area contributed by atoms with E-state index in [-0.39, 0.29) is 24.0 Å². The zero-order valence-electron chi connectivity index (χ0n) is 14.1. The van der Waals surface area contributed by atoms with E-state index < -0.39 is 0 Å². The van der Waals surface area contributed by atoms with Crippen molar-refractivity contribution in [2.24, 2.45) is 0 Å². The Bertz CT molecular complexity index is 592. The first-order chi connectivity index (χ1) is 11.6. The highest BCUT2D eigenvalue weighted by Gasteiger charge is 2.43. The third kappa shape index (κ3) is 3.34. The number of rotatable bonds is 3. The molecule has 0 aliphatic carbocycles. The molecule has 24 heavy (non-hydrogen) atoms. The van der Waals surface area contributed by atoms with Gasteiger partial charge in [-0.15, -0.1) is 0 Å². The van der Waals surface area contributed by atoms with Crippen LogP contribution in [0, 0.1) is 0 Å². The number of carbonyl (C=O) groups excluding carboxylic acids is 2. The summed E-state index contributed by atoms with van der Waals surface area (Å²) in [5.74, 6) is 0.196. The van der Waals surface area contributed by atoms with Gasteiger partial charge in [0, 0.05) is 50.1 Å². The molecule has 2 aliphatic rings. The van der Waals surface area contributed by atoms with E-state index in [4.69, 9.17) is 5.11 Å². The summed E-state index contributed by atoms with van der Waals surface area (Å²) in [6, 6.07) is 1.87. The summed E-state index contributed by atoms with van der Waals surface area (Å²) in [5.41, 5.74) is 0.607. The second-order valence-corrected chi connectivity index (χ2v) is 7.52. The van der Waals surface area contributed by atoms with Crippen LogP contribution in [0.3, 0.4) is 0 Å². The van der Waals surface area contributed by atoms with E-state index in [1.807, 2.05) is 21.7 Å². The molecule has 2 fully saturated rings. The molecule has 7 heteroatoms. The van der Waals surface area contributed by atoms with E-state index >= 15 is 0 Å². The molecule has 1 aromatic heterocycles. The van der Waals surface area contributed by atoms with Gasteiger partial charge in [-0.05, 0) is 31.3 Å². The fourth-order valence-corrected chi connectivity index (χ4v) is 4.42. The first kappa shape index (κ1) is 17.4. The van der Waals surface area contributed by atoms with Crippen LogP contribution in [0.15, 0.2) is 16.8 Å². The molecule has 0 aromatic carbocycles. The summed E-state index contributed by atoms with van der Waals surface area (Å²) in [7, 11) is 2.10. The van der Waals surface area contributed by atoms with Gasteiger partial charge >= 0.3 is 0 Å². The number of amides is 2. The van der Waals surface area contributed by atoms with Gasteiger partial charge < -0.3 is 14.9 Å². The topological polar surface area (TPSA) is 64.1 Å². The predicted octanol–water partition coefficient (Wildman–Crippen LogP) is 0.879. The van der Waals surface area contributed by atoms with Gasteiger partial charge in [0.25, 0.3) is 5.91 Å². The van der Waals surface area contributed by atoms with Crippen molar-refractivity contribution in [2.45, 2.75) is 24.8 Å². The van der Waals surface area contributed by atoms with Crippen molar-refractivity contribution in [2.75, 3.05) is 46.4 Å². The molecule has 1 aromatic rings. The first-order valence-electron chi connectivity index (χ1n) is 8.47. The number of nitrogens with zero attached hydrogens (tertiary/aromatic N) is 3. The molecule has 1 spiro atoms. The zero-order chi connectivity index (χ0) is 17.2. The third-order valence-corrected chi connectivity index (χ3v) is 6.11. The van der Waals surface area contributed by atoms with E-state index in [2.05, 4.69) is 11.9 Å². The van der Waals surface area contributed by atoms with Crippen LogP contribution < -0.4 is 0 Å². The largest absolute Gasteiger partial charge is 0.395 e. The van der Waals surface area contributed by atoms with Gasteiger partial charge in [0.15, 0.2) is 0 Å². The molecule has 0 saturated carbocycles. The molecular formula is C17H25N3O3S. The number of aliphatic hydroxyl groups is 1. The Morgan fingerprint density at radius 3 is 2.88 bits per heavy atom. The van der Waals surface area contributed by atoms with Crippen molar-refractivity contribution >= 4 is 23.2 Å². The predicted molar refractivity (Wildman–Crippen MR) is 93.1 cm³/mol. The Labute approximate surface area is 146 Å². The van der Waals surface area contributed by atoms with Crippen molar-refractivity contribution in [3.8, 4) is 0 Å². The number of β-amino-alcohol motifs (C(OH)–C–C–N with tert-alkyl or cyclic N) is 1. The van der Waals surface area contributed by atoms with Crippen LogP contribution in [0.5, 0.6) is 0 Å². The highest BCUT2D eigenvalue weighted by molar-refractivity contribution is 7.08. The Kier molecular flexibility index (Phi) is 5.22. The quantitative estimate of drug-likeness (QED) is 0.878. The van der Waals surface area contributed by atoms with Crippen LogP contribution in [0.25, 0.3) is 0 Å². The Balaban J connectivity index is 1.75. The van der Waals surface area contributed by atoms with Gasteiger partial charge in [-0.2, -0.15) is 11.3 Å². The standard InChI is InChI=1S/C17H25N3O3S/c1-18-7-8-20(16(23)14-3-11-24-12-14)13-17(18)4-2-15(22)19(6-5-17)9-10-21/h3,11-12,21H,2,4-10,13H2,1H3. The number of hydrogen-bond acceptors (Lipinski definition) is 5. The van der Waals surface area contributed by atoms with Crippen molar-refractivity contribution < 1.29 is 14.7 Å². The number of likely N-dealkylation sites (tertiary alicyclic amines) is 1. The van der Waals surface area contributed by atoms with Gasteiger partial charge in [-0.1, -0.05) is 0 Å². The fourth-order valence-electron chi connectivity index (χ4n) is 3.79. The Morgan fingerprint density at radius 1 is 1.33 bits per heavy atom. The Hall–Kier alpha value is -1.44. The van der Waals surface area contributed by atoms with Crippen LogP contribution >= 0.6 is 11.3 Å². The molecular weight excluding hydrogens is 326 g/mol. The molecule has 6 nitrogen and oxygen atoms in total. The van der Waals surface area contributed by atoms with E-state index in [9.17, 15) is 9.59 Å². The molecule has 2 saturated heterocycles. The van der Waals surface area contributed by atoms with E-state index in [0.29, 0.717) is 26.1 Å². The van der Waals surface area contributed by atoms with Crippen molar-refractivity contribution in [1.82, 2.24) is 14.7 Å². The number of likely N-dealkylation sites (N-methyl/N-ethyl adjacent to an activating group) is 1. The highest BCUT2D eigenvalue weighted by Crippen LogP contribution is 2.32. The molecule has 3 rings (SSSR count). The molecule has 1 unspecified atom stereocenters. The molecule has 3 heterocycles. The van der Waals surface area contributed by atoms with Gasteiger partial charge in [0.05, 0.1) is 12.2 Å². The normalized spacial score (nSPS) is 26.0. The monoisotopic (exact) mass is 351 g/mol. The molecule has 132 valence electrons. The minimum absolute atomic E-state index is 0.00263. The Morgan fingerprint density at radius 2 is 2.17 bits per heavy atom. The number of carbonyl (C=O) groups is 2. The van der Waals surface area contributed by atoms with Crippen molar-refractivity contribution in [3.63, 3.8) is 0 Å². The fraction of sp³-hybridized carbons (Fsp3) is 0.647. The van der Waals surface area contributed by atoms with Crippen molar-refractivity contribution in [3.05, 3.63) is 22.4 Å². The first-order valence-corrected chi connectivity index (χ1v) is 9.41. The summed E-state index contributed by atoms with van der Waals surface area (Å²) in [4.78, 5) is 31.0. The number of thiophene rings is 1. The van der Waals surface area contributed by atoms with E-state index in [0.717, 1.165) is 31.5 Å². The maximum atomic E-state index is 12.7.